The van der Waals surface area contributed by atoms with Crippen LogP contribution < -0.4 is 5.32 Å². The zero-order valence-electron chi connectivity index (χ0n) is 11.6. The highest BCUT2D eigenvalue weighted by Crippen LogP contribution is 2.27. The molecule has 2 rings (SSSR count). The van der Waals surface area contributed by atoms with Gasteiger partial charge in [0.15, 0.2) is 0 Å². The standard InChI is InChI=1S/C16H21NO3/c1-2-16(10-18,11-19)17-9-14-13-6-4-3-5-12(13)7-8-15(14)20/h3-8,17-20H,2,9-11H2,1H3. The molecule has 2 aromatic rings. The molecular weight excluding hydrogens is 254 g/mol. The lowest BCUT2D eigenvalue weighted by atomic mass is 9.97. The van der Waals surface area contributed by atoms with Gasteiger partial charge in [-0.05, 0) is 23.3 Å². The Balaban J connectivity index is 2.32. The zero-order chi connectivity index (χ0) is 14.6. The number of aliphatic hydroxyl groups excluding tert-OH is 2. The maximum atomic E-state index is 10.1. The lowest BCUT2D eigenvalue weighted by molar-refractivity contribution is 0.0863. The van der Waals surface area contributed by atoms with E-state index in [9.17, 15) is 15.3 Å². The molecule has 0 aliphatic rings. The largest absolute Gasteiger partial charge is 0.508 e. The van der Waals surface area contributed by atoms with Gasteiger partial charge in [0.1, 0.15) is 5.75 Å². The van der Waals surface area contributed by atoms with Crippen molar-refractivity contribution in [3.63, 3.8) is 0 Å². The fourth-order valence-corrected chi connectivity index (χ4v) is 2.30. The minimum absolute atomic E-state index is 0.147. The number of benzene rings is 2. The summed E-state index contributed by atoms with van der Waals surface area (Å²) in [6.45, 7) is 2.00. The Morgan fingerprint density at radius 2 is 1.75 bits per heavy atom. The van der Waals surface area contributed by atoms with Crippen molar-refractivity contribution in [3.8, 4) is 5.75 Å². The van der Waals surface area contributed by atoms with Crippen LogP contribution in [0.1, 0.15) is 18.9 Å². The zero-order valence-corrected chi connectivity index (χ0v) is 11.6. The second-order valence-electron chi connectivity index (χ2n) is 5.09. The third kappa shape index (κ3) is 2.77. The molecule has 0 saturated heterocycles. The highest BCUT2D eigenvalue weighted by Gasteiger charge is 2.26. The molecule has 4 heteroatoms. The van der Waals surface area contributed by atoms with Gasteiger partial charge in [0.25, 0.3) is 0 Å². The summed E-state index contributed by atoms with van der Waals surface area (Å²) >= 11 is 0. The summed E-state index contributed by atoms with van der Waals surface area (Å²) in [5, 5.41) is 34.2. The first-order chi connectivity index (χ1) is 9.65. The van der Waals surface area contributed by atoms with Gasteiger partial charge in [0, 0.05) is 12.1 Å². The number of phenols is 1. The number of hydrogen-bond acceptors (Lipinski definition) is 4. The van der Waals surface area contributed by atoms with Gasteiger partial charge in [-0.2, -0.15) is 0 Å². The van der Waals surface area contributed by atoms with Gasteiger partial charge in [-0.3, -0.25) is 0 Å². The van der Waals surface area contributed by atoms with E-state index in [2.05, 4.69) is 5.32 Å². The maximum absolute atomic E-state index is 10.1. The van der Waals surface area contributed by atoms with Crippen molar-refractivity contribution >= 4 is 10.8 Å². The lowest BCUT2D eigenvalue weighted by Crippen LogP contribution is -2.50. The summed E-state index contributed by atoms with van der Waals surface area (Å²) < 4.78 is 0. The van der Waals surface area contributed by atoms with E-state index in [-0.39, 0.29) is 19.0 Å². The summed E-state index contributed by atoms with van der Waals surface area (Å²) in [5.41, 5.74) is 0.0615. The number of aromatic hydroxyl groups is 1. The van der Waals surface area contributed by atoms with Crippen molar-refractivity contribution in [1.29, 1.82) is 0 Å². The van der Waals surface area contributed by atoms with E-state index < -0.39 is 5.54 Å². The van der Waals surface area contributed by atoms with Gasteiger partial charge in [-0.15, -0.1) is 0 Å². The van der Waals surface area contributed by atoms with Crippen molar-refractivity contribution < 1.29 is 15.3 Å². The fraction of sp³-hybridized carbons (Fsp3) is 0.375. The third-order valence-electron chi connectivity index (χ3n) is 3.94. The molecule has 0 atom stereocenters. The number of hydrogen-bond donors (Lipinski definition) is 4. The number of nitrogens with one attached hydrogen (secondary N) is 1. The summed E-state index contributed by atoms with van der Waals surface area (Å²) in [6, 6.07) is 11.4. The van der Waals surface area contributed by atoms with E-state index in [1.54, 1.807) is 6.07 Å². The summed E-state index contributed by atoms with van der Waals surface area (Å²) in [5.74, 6) is 0.220. The van der Waals surface area contributed by atoms with Crippen LogP contribution in [0.3, 0.4) is 0 Å². The minimum atomic E-state index is -0.719. The maximum Gasteiger partial charge on any atom is 0.120 e. The first-order valence-electron chi connectivity index (χ1n) is 6.82. The molecule has 4 nitrogen and oxygen atoms in total. The van der Waals surface area contributed by atoms with Gasteiger partial charge in [-0.1, -0.05) is 37.3 Å². The van der Waals surface area contributed by atoms with Crippen molar-refractivity contribution in [2.75, 3.05) is 13.2 Å². The van der Waals surface area contributed by atoms with Crippen LogP contribution in [-0.2, 0) is 6.54 Å². The average Bonchev–Trinajstić information content (AvgIpc) is 2.51. The topological polar surface area (TPSA) is 72.7 Å². The average molecular weight is 275 g/mol. The highest BCUT2D eigenvalue weighted by atomic mass is 16.3. The van der Waals surface area contributed by atoms with Crippen LogP contribution in [0.15, 0.2) is 36.4 Å². The molecule has 0 bridgehead atoms. The molecule has 0 spiro atoms. The monoisotopic (exact) mass is 275 g/mol. The van der Waals surface area contributed by atoms with Gasteiger partial charge in [-0.25, -0.2) is 0 Å². The number of rotatable bonds is 6. The van der Waals surface area contributed by atoms with E-state index in [0.717, 1.165) is 16.3 Å². The third-order valence-corrected chi connectivity index (χ3v) is 3.94. The van der Waals surface area contributed by atoms with Crippen LogP contribution in [0.2, 0.25) is 0 Å². The first kappa shape index (κ1) is 14.8. The molecule has 0 heterocycles. The quantitative estimate of drug-likeness (QED) is 0.648. The molecule has 0 aliphatic carbocycles. The van der Waals surface area contributed by atoms with E-state index >= 15 is 0 Å². The van der Waals surface area contributed by atoms with Crippen molar-refractivity contribution in [1.82, 2.24) is 5.32 Å². The summed E-state index contributed by atoms with van der Waals surface area (Å²) in [4.78, 5) is 0. The first-order valence-corrected chi connectivity index (χ1v) is 6.82. The summed E-state index contributed by atoms with van der Waals surface area (Å²) in [7, 11) is 0. The minimum Gasteiger partial charge on any atom is -0.508 e. The predicted octanol–water partition coefficient (Wildman–Crippen LogP) is 1.77. The Hall–Kier alpha value is -1.62. The van der Waals surface area contributed by atoms with Crippen LogP contribution in [0.25, 0.3) is 10.8 Å². The van der Waals surface area contributed by atoms with Crippen molar-refractivity contribution in [3.05, 3.63) is 42.0 Å². The Morgan fingerprint density at radius 3 is 2.40 bits per heavy atom. The van der Waals surface area contributed by atoms with Crippen LogP contribution in [-0.4, -0.2) is 34.1 Å². The highest BCUT2D eigenvalue weighted by molar-refractivity contribution is 5.87. The molecule has 0 aromatic heterocycles. The Kier molecular flexibility index (Phi) is 4.60. The molecule has 0 saturated carbocycles. The molecule has 4 N–H and O–H groups in total. The molecule has 20 heavy (non-hydrogen) atoms. The molecule has 0 aliphatic heterocycles. The second kappa shape index (κ2) is 6.22. The van der Waals surface area contributed by atoms with Crippen LogP contribution in [0, 0.1) is 0 Å². The molecule has 0 radical (unpaired) electrons. The van der Waals surface area contributed by atoms with Crippen LogP contribution in [0.4, 0.5) is 0 Å². The van der Waals surface area contributed by atoms with Crippen LogP contribution in [0.5, 0.6) is 5.75 Å². The smallest absolute Gasteiger partial charge is 0.120 e. The second-order valence-corrected chi connectivity index (χ2v) is 5.09. The SMILES string of the molecule is CCC(CO)(CO)NCc1c(O)ccc2ccccc12. The molecule has 0 unspecified atom stereocenters. The normalized spacial score (nSPS) is 11.9. The van der Waals surface area contributed by atoms with Gasteiger partial charge < -0.3 is 20.6 Å². The fourth-order valence-electron chi connectivity index (χ4n) is 2.30. The molecule has 0 fully saturated rings. The van der Waals surface area contributed by atoms with E-state index in [1.165, 1.54) is 0 Å². The molecule has 0 amide bonds. The molecule has 2 aromatic carbocycles. The molecule has 108 valence electrons. The van der Waals surface area contributed by atoms with Gasteiger partial charge in [0.05, 0.1) is 18.8 Å². The van der Waals surface area contributed by atoms with Gasteiger partial charge in [0.2, 0.25) is 0 Å². The van der Waals surface area contributed by atoms with E-state index in [1.807, 2.05) is 37.3 Å². The summed E-state index contributed by atoms with van der Waals surface area (Å²) in [6.07, 6.45) is 0.603. The van der Waals surface area contributed by atoms with E-state index in [4.69, 9.17) is 0 Å². The van der Waals surface area contributed by atoms with Crippen molar-refractivity contribution in [2.45, 2.75) is 25.4 Å². The predicted molar refractivity (Wildman–Crippen MR) is 79.6 cm³/mol. The number of fused-ring (bicyclic) bond motifs is 1. The van der Waals surface area contributed by atoms with Gasteiger partial charge >= 0.3 is 0 Å². The van der Waals surface area contributed by atoms with Crippen LogP contribution >= 0.6 is 0 Å². The van der Waals surface area contributed by atoms with Crippen molar-refractivity contribution in [2.24, 2.45) is 0 Å². The number of aliphatic hydroxyl groups is 2. The Labute approximate surface area is 118 Å². The lowest BCUT2D eigenvalue weighted by Gasteiger charge is -2.30. The number of phenolic OH excluding ortho intramolecular Hbond substituents is 1. The Morgan fingerprint density at radius 1 is 1.05 bits per heavy atom. The Bertz CT molecular complexity index is 571. The molecular formula is C16H21NO3. The van der Waals surface area contributed by atoms with E-state index in [0.29, 0.717) is 13.0 Å².